The standard InChI is InChI=1S/C22H27FN6O2/c1-26-8-10-29(11-9-26)22(31)25-19-6-5-17(23)16-18(19)21(30)28-14-12-27(13-15-28)20-4-2-3-7-24-20/h2-7,16H,8-15H2,1H3,(H,25,31). The van der Waals surface area contributed by atoms with E-state index in [0.29, 0.717) is 45.0 Å². The Morgan fingerprint density at radius 3 is 2.32 bits per heavy atom. The predicted molar refractivity (Wildman–Crippen MR) is 117 cm³/mol. The van der Waals surface area contributed by atoms with Gasteiger partial charge >= 0.3 is 6.03 Å². The number of piperazine rings is 2. The topological polar surface area (TPSA) is 72.0 Å². The van der Waals surface area contributed by atoms with Crippen molar-refractivity contribution in [3.05, 3.63) is 54.0 Å². The number of carbonyl (C=O) groups excluding carboxylic acids is 2. The number of urea groups is 1. The molecule has 1 aromatic heterocycles. The number of likely N-dealkylation sites (N-methyl/N-ethyl adjacent to an activating group) is 1. The van der Waals surface area contributed by atoms with E-state index in [-0.39, 0.29) is 17.5 Å². The third-order valence-electron chi connectivity index (χ3n) is 5.78. The molecule has 0 atom stereocenters. The second-order valence-electron chi connectivity index (χ2n) is 7.88. The summed E-state index contributed by atoms with van der Waals surface area (Å²) in [7, 11) is 2.01. The van der Waals surface area contributed by atoms with Gasteiger partial charge in [-0.05, 0) is 37.4 Å². The number of halogens is 1. The van der Waals surface area contributed by atoms with E-state index in [1.165, 1.54) is 18.2 Å². The van der Waals surface area contributed by atoms with Gasteiger partial charge in [-0.2, -0.15) is 0 Å². The van der Waals surface area contributed by atoms with Crippen LogP contribution in [0.1, 0.15) is 10.4 Å². The van der Waals surface area contributed by atoms with Crippen LogP contribution in [0.4, 0.5) is 20.7 Å². The maximum absolute atomic E-state index is 14.0. The first-order valence-corrected chi connectivity index (χ1v) is 10.5. The van der Waals surface area contributed by atoms with Gasteiger partial charge in [-0.25, -0.2) is 14.2 Å². The van der Waals surface area contributed by atoms with Crippen LogP contribution in [0.3, 0.4) is 0 Å². The summed E-state index contributed by atoms with van der Waals surface area (Å²) in [6.45, 7) is 5.09. The maximum atomic E-state index is 14.0. The molecule has 2 aliphatic heterocycles. The first kappa shape index (κ1) is 21.0. The predicted octanol–water partition coefficient (Wildman–Crippen LogP) is 1.96. The Bertz CT molecular complexity index is 925. The lowest BCUT2D eigenvalue weighted by atomic mass is 10.1. The number of pyridine rings is 1. The summed E-state index contributed by atoms with van der Waals surface area (Å²) < 4.78 is 14.0. The second kappa shape index (κ2) is 9.30. The van der Waals surface area contributed by atoms with E-state index in [0.717, 1.165) is 18.9 Å². The highest BCUT2D eigenvalue weighted by atomic mass is 19.1. The van der Waals surface area contributed by atoms with Crippen LogP contribution < -0.4 is 10.2 Å². The fraction of sp³-hybridized carbons (Fsp3) is 0.409. The first-order chi connectivity index (χ1) is 15.0. The minimum atomic E-state index is -0.506. The van der Waals surface area contributed by atoms with Gasteiger partial charge in [0.15, 0.2) is 0 Å². The van der Waals surface area contributed by atoms with Crippen LogP contribution >= 0.6 is 0 Å². The molecule has 3 amide bonds. The van der Waals surface area contributed by atoms with Crippen molar-refractivity contribution < 1.29 is 14.0 Å². The molecule has 0 unspecified atom stereocenters. The molecule has 9 heteroatoms. The molecule has 3 heterocycles. The minimum Gasteiger partial charge on any atom is -0.353 e. The molecule has 0 aliphatic carbocycles. The molecule has 0 spiro atoms. The zero-order chi connectivity index (χ0) is 21.8. The van der Waals surface area contributed by atoms with E-state index < -0.39 is 5.82 Å². The molecule has 2 aliphatic rings. The van der Waals surface area contributed by atoms with Gasteiger partial charge in [0.2, 0.25) is 0 Å². The maximum Gasteiger partial charge on any atom is 0.321 e. The van der Waals surface area contributed by atoms with Gasteiger partial charge in [-0.15, -0.1) is 0 Å². The molecule has 2 aromatic rings. The lowest BCUT2D eigenvalue weighted by molar-refractivity contribution is 0.0747. The van der Waals surface area contributed by atoms with Gasteiger partial charge in [0, 0.05) is 58.6 Å². The molecule has 1 aromatic carbocycles. The van der Waals surface area contributed by atoms with E-state index in [1.807, 2.05) is 25.2 Å². The second-order valence-corrected chi connectivity index (χ2v) is 7.88. The van der Waals surface area contributed by atoms with Crippen LogP contribution in [0.5, 0.6) is 0 Å². The number of nitrogens with zero attached hydrogens (tertiary/aromatic N) is 5. The monoisotopic (exact) mass is 426 g/mol. The van der Waals surface area contributed by atoms with Crippen molar-refractivity contribution in [1.29, 1.82) is 0 Å². The van der Waals surface area contributed by atoms with Crippen molar-refractivity contribution in [2.24, 2.45) is 0 Å². The molecule has 31 heavy (non-hydrogen) atoms. The highest BCUT2D eigenvalue weighted by molar-refractivity contribution is 6.03. The van der Waals surface area contributed by atoms with Gasteiger partial charge in [-0.3, -0.25) is 4.79 Å². The van der Waals surface area contributed by atoms with E-state index in [9.17, 15) is 14.0 Å². The smallest absolute Gasteiger partial charge is 0.321 e. The number of hydrogen-bond donors (Lipinski definition) is 1. The van der Waals surface area contributed by atoms with Crippen LogP contribution in [0.15, 0.2) is 42.6 Å². The number of rotatable bonds is 3. The Balaban J connectivity index is 1.43. The van der Waals surface area contributed by atoms with Crippen molar-refractivity contribution in [3.8, 4) is 0 Å². The van der Waals surface area contributed by atoms with E-state index in [1.54, 1.807) is 16.0 Å². The number of hydrogen-bond acceptors (Lipinski definition) is 5. The molecule has 2 saturated heterocycles. The quantitative estimate of drug-likeness (QED) is 0.813. The van der Waals surface area contributed by atoms with Gasteiger partial charge in [0.05, 0.1) is 11.3 Å². The molecule has 0 radical (unpaired) electrons. The Labute approximate surface area is 181 Å². The zero-order valence-electron chi connectivity index (χ0n) is 17.6. The van der Waals surface area contributed by atoms with Crippen molar-refractivity contribution in [2.75, 3.05) is 69.6 Å². The highest BCUT2D eigenvalue weighted by Gasteiger charge is 2.26. The summed E-state index contributed by atoms with van der Waals surface area (Å²) in [4.78, 5) is 37.9. The normalized spacial score (nSPS) is 17.5. The summed E-state index contributed by atoms with van der Waals surface area (Å²) in [5.41, 5.74) is 0.510. The lowest BCUT2D eigenvalue weighted by Crippen LogP contribution is -2.49. The first-order valence-electron chi connectivity index (χ1n) is 10.5. The number of anilines is 2. The molecule has 0 bridgehead atoms. The number of carbonyl (C=O) groups is 2. The fourth-order valence-electron chi connectivity index (χ4n) is 3.86. The van der Waals surface area contributed by atoms with Crippen LogP contribution in [0, 0.1) is 5.82 Å². The molecular weight excluding hydrogens is 399 g/mol. The number of aromatic nitrogens is 1. The minimum absolute atomic E-state index is 0.175. The fourth-order valence-corrected chi connectivity index (χ4v) is 3.86. The molecule has 1 N–H and O–H groups in total. The molecular formula is C22H27FN6O2. The van der Waals surface area contributed by atoms with Gasteiger partial charge < -0.3 is 24.9 Å². The van der Waals surface area contributed by atoms with Crippen molar-refractivity contribution in [1.82, 2.24) is 19.7 Å². The van der Waals surface area contributed by atoms with Gasteiger partial charge in [-0.1, -0.05) is 6.07 Å². The highest BCUT2D eigenvalue weighted by Crippen LogP contribution is 2.22. The number of amides is 3. The lowest BCUT2D eigenvalue weighted by Gasteiger charge is -2.36. The van der Waals surface area contributed by atoms with Crippen LogP contribution in [-0.4, -0.2) is 91.0 Å². The Morgan fingerprint density at radius 1 is 0.935 bits per heavy atom. The van der Waals surface area contributed by atoms with E-state index in [2.05, 4.69) is 20.1 Å². The molecule has 4 rings (SSSR count). The van der Waals surface area contributed by atoms with E-state index >= 15 is 0 Å². The van der Waals surface area contributed by atoms with Crippen LogP contribution in [0.25, 0.3) is 0 Å². The Hall–Kier alpha value is -3.20. The summed E-state index contributed by atoms with van der Waals surface area (Å²) >= 11 is 0. The summed E-state index contributed by atoms with van der Waals surface area (Å²) in [6, 6.07) is 9.39. The molecule has 0 saturated carbocycles. The third-order valence-corrected chi connectivity index (χ3v) is 5.78. The number of benzene rings is 1. The Kier molecular flexibility index (Phi) is 6.31. The summed E-state index contributed by atoms with van der Waals surface area (Å²) in [5, 5.41) is 2.81. The third kappa shape index (κ3) is 4.93. The van der Waals surface area contributed by atoms with Gasteiger partial charge in [0.1, 0.15) is 11.6 Å². The van der Waals surface area contributed by atoms with Crippen molar-refractivity contribution >= 4 is 23.4 Å². The van der Waals surface area contributed by atoms with Gasteiger partial charge in [0.25, 0.3) is 5.91 Å². The van der Waals surface area contributed by atoms with E-state index in [4.69, 9.17) is 0 Å². The zero-order valence-corrected chi connectivity index (χ0v) is 17.6. The Morgan fingerprint density at radius 2 is 1.65 bits per heavy atom. The molecule has 2 fully saturated rings. The largest absolute Gasteiger partial charge is 0.353 e. The average molecular weight is 426 g/mol. The van der Waals surface area contributed by atoms with Crippen molar-refractivity contribution in [2.45, 2.75) is 0 Å². The summed E-state index contributed by atoms with van der Waals surface area (Å²) in [6.07, 6.45) is 1.74. The SMILES string of the molecule is CN1CCN(C(=O)Nc2ccc(F)cc2C(=O)N2CCN(c3ccccn3)CC2)CC1. The average Bonchev–Trinajstić information content (AvgIpc) is 2.81. The summed E-state index contributed by atoms with van der Waals surface area (Å²) in [5.74, 6) is 0.0856. The number of nitrogens with one attached hydrogen (secondary N) is 1. The molecule has 8 nitrogen and oxygen atoms in total. The van der Waals surface area contributed by atoms with Crippen LogP contribution in [-0.2, 0) is 0 Å². The molecule has 164 valence electrons. The van der Waals surface area contributed by atoms with Crippen LogP contribution in [0.2, 0.25) is 0 Å². The van der Waals surface area contributed by atoms with Crippen molar-refractivity contribution in [3.63, 3.8) is 0 Å².